The lowest BCUT2D eigenvalue weighted by molar-refractivity contribution is -0.111. The average molecular weight is 396 g/mol. The summed E-state index contributed by atoms with van der Waals surface area (Å²) < 4.78 is 1.85. The number of aryl methyl sites for hydroxylation is 1. The Hall–Kier alpha value is -2.50. The van der Waals surface area contributed by atoms with Crippen molar-refractivity contribution in [1.29, 1.82) is 0 Å². The Morgan fingerprint density at radius 2 is 1.96 bits per heavy atom. The largest absolute Gasteiger partial charge is 0.307 e. The van der Waals surface area contributed by atoms with Crippen LogP contribution in [0.25, 0.3) is 11.8 Å². The summed E-state index contributed by atoms with van der Waals surface area (Å²) in [6.45, 7) is 2.04. The summed E-state index contributed by atoms with van der Waals surface area (Å²) in [5.41, 5.74) is 5.02. The van der Waals surface area contributed by atoms with Gasteiger partial charge in [-0.05, 0) is 36.3 Å². The third kappa shape index (κ3) is 3.66. The number of halogens is 1. The summed E-state index contributed by atoms with van der Waals surface area (Å²) in [5, 5.41) is 8.38. The first-order valence-electron chi connectivity index (χ1n) is 8.61. The zero-order valence-electron chi connectivity index (χ0n) is 14.8. The Balaban J connectivity index is 1.65. The lowest BCUT2D eigenvalue weighted by atomic mass is 10.2. The minimum atomic E-state index is -0.204. The van der Waals surface area contributed by atoms with Gasteiger partial charge in [-0.2, -0.15) is 16.9 Å². The predicted octanol–water partition coefficient (Wildman–Crippen LogP) is 5.23. The normalized spacial score (nSPS) is 13.1. The number of carbonyl (C=O) groups is 1. The molecule has 1 aliphatic heterocycles. The molecule has 0 radical (unpaired) electrons. The van der Waals surface area contributed by atoms with Crippen molar-refractivity contribution in [2.45, 2.75) is 18.4 Å². The molecule has 1 aromatic heterocycles. The third-order valence-corrected chi connectivity index (χ3v) is 5.77. The number of para-hydroxylation sites is 1. The van der Waals surface area contributed by atoms with Gasteiger partial charge in [0.15, 0.2) is 0 Å². The maximum absolute atomic E-state index is 12.6. The smallest absolute Gasteiger partial charge is 0.249 e. The topological polar surface area (TPSA) is 46.9 Å². The molecule has 4 rings (SSSR count). The summed E-state index contributed by atoms with van der Waals surface area (Å²) in [5.74, 6) is 2.26. The number of carbonyl (C=O) groups excluding carboxylic acids is 1. The van der Waals surface area contributed by atoms with E-state index in [1.165, 1.54) is 6.08 Å². The van der Waals surface area contributed by atoms with E-state index in [0.29, 0.717) is 5.02 Å². The number of benzene rings is 2. The van der Waals surface area contributed by atoms with Gasteiger partial charge in [0.1, 0.15) is 5.82 Å². The number of anilines is 1. The molecule has 1 amide bonds. The lowest BCUT2D eigenvalue weighted by Gasteiger charge is -2.12. The highest BCUT2D eigenvalue weighted by Crippen LogP contribution is 2.36. The second-order valence-corrected chi connectivity index (χ2v) is 7.70. The van der Waals surface area contributed by atoms with Crippen LogP contribution in [0.2, 0.25) is 5.02 Å². The van der Waals surface area contributed by atoms with Gasteiger partial charge < -0.3 is 5.32 Å². The van der Waals surface area contributed by atoms with E-state index in [4.69, 9.17) is 16.7 Å². The molecule has 0 fully saturated rings. The predicted molar refractivity (Wildman–Crippen MR) is 112 cm³/mol. The number of nitrogens with one attached hydrogen (secondary N) is 1. The molecular formula is C21H18ClN3OS. The number of aromatic nitrogens is 2. The molecule has 0 aliphatic carbocycles. The Bertz CT molecular complexity index is 1040. The van der Waals surface area contributed by atoms with Crippen LogP contribution in [0.5, 0.6) is 0 Å². The van der Waals surface area contributed by atoms with Crippen LogP contribution in [0.15, 0.2) is 54.6 Å². The highest BCUT2D eigenvalue weighted by Gasteiger charge is 2.24. The van der Waals surface area contributed by atoms with E-state index in [-0.39, 0.29) is 5.91 Å². The van der Waals surface area contributed by atoms with Crippen LogP contribution in [0.4, 0.5) is 5.82 Å². The van der Waals surface area contributed by atoms with Gasteiger partial charge in [0.05, 0.1) is 11.4 Å². The maximum Gasteiger partial charge on any atom is 0.249 e. The molecule has 0 spiro atoms. The molecular weight excluding hydrogens is 378 g/mol. The number of rotatable bonds is 4. The van der Waals surface area contributed by atoms with Gasteiger partial charge in [-0.1, -0.05) is 48.0 Å². The van der Waals surface area contributed by atoms with Crippen molar-refractivity contribution in [2.75, 3.05) is 5.32 Å². The molecule has 6 heteroatoms. The quantitative estimate of drug-likeness (QED) is 0.615. The van der Waals surface area contributed by atoms with Gasteiger partial charge in [-0.15, -0.1) is 0 Å². The van der Waals surface area contributed by atoms with E-state index in [2.05, 4.69) is 5.32 Å². The molecule has 136 valence electrons. The number of thioether (sulfide) groups is 1. The first-order valence-corrected chi connectivity index (χ1v) is 10.1. The molecule has 2 aromatic carbocycles. The van der Waals surface area contributed by atoms with Gasteiger partial charge in [-0.25, -0.2) is 4.68 Å². The van der Waals surface area contributed by atoms with Crippen molar-refractivity contribution >= 4 is 41.2 Å². The fraction of sp³-hybridized carbons (Fsp3) is 0.143. The lowest BCUT2D eigenvalue weighted by Crippen LogP contribution is -2.14. The van der Waals surface area contributed by atoms with E-state index < -0.39 is 0 Å². The van der Waals surface area contributed by atoms with Gasteiger partial charge in [0.2, 0.25) is 5.91 Å². The Kier molecular flexibility index (Phi) is 5.05. The zero-order chi connectivity index (χ0) is 18.8. The van der Waals surface area contributed by atoms with E-state index in [0.717, 1.165) is 45.4 Å². The van der Waals surface area contributed by atoms with E-state index in [1.807, 2.05) is 65.8 Å². The Morgan fingerprint density at radius 1 is 1.19 bits per heavy atom. The number of fused-ring (bicyclic) bond motifs is 1. The highest BCUT2D eigenvalue weighted by molar-refractivity contribution is 7.98. The third-order valence-electron chi connectivity index (χ3n) is 4.46. The molecule has 0 atom stereocenters. The van der Waals surface area contributed by atoms with Crippen LogP contribution in [0, 0.1) is 6.92 Å². The van der Waals surface area contributed by atoms with Gasteiger partial charge >= 0.3 is 0 Å². The fourth-order valence-corrected chi connectivity index (χ4v) is 4.28. The molecule has 3 aromatic rings. The van der Waals surface area contributed by atoms with Crippen molar-refractivity contribution < 1.29 is 4.79 Å². The van der Waals surface area contributed by atoms with Crippen LogP contribution in [0.1, 0.15) is 22.4 Å². The number of amides is 1. The first-order chi connectivity index (χ1) is 13.1. The number of nitrogens with zero attached hydrogens (tertiary/aromatic N) is 2. The van der Waals surface area contributed by atoms with Crippen molar-refractivity contribution in [3.05, 3.63) is 82.0 Å². The van der Waals surface area contributed by atoms with Crippen molar-refractivity contribution in [2.24, 2.45) is 0 Å². The SMILES string of the molecule is Cc1ccccc1-n1nc2c(c1NC(=O)/C=C/c1ccccc1Cl)CSC2. The fourth-order valence-electron chi connectivity index (χ4n) is 3.05. The van der Waals surface area contributed by atoms with Gasteiger partial charge in [-0.3, -0.25) is 4.79 Å². The summed E-state index contributed by atoms with van der Waals surface area (Å²) >= 11 is 7.96. The van der Waals surface area contributed by atoms with E-state index >= 15 is 0 Å². The van der Waals surface area contributed by atoms with Crippen molar-refractivity contribution in [3.63, 3.8) is 0 Å². The molecule has 1 N–H and O–H groups in total. The molecule has 0 bridgehead atoms. The average Bonchev–Trinajstić information content (AvgIpc) is 3.24. The van der Waals surface area contributed by atoms with Crippen molar-refractivity contribution in [3.8, 4) is 5.69 Å². The second-order valence-electron chi connectivity index (χ2n) is 6.31. The Morgan fingerprint density at radius 3 is 2.78 bits per heavy atom. The standard InChI is InChI=1S/C21H18ClN3OS/c1-14-6-2-5-9-19(14)25-21(16-12-27-13-18(16)24-25)23-20(26)11-10-15-7-3-4-8-17(15)22/h2-11H,12-13H2,1H3,(H,23,26)/b11-10+. The van der Waals surface area contributed by atoms with Crippen LogP contribution in [0.3, 0.4) is 0 Å². The summed E-state index contributed by atoms with van der Waals surface area (Å²) in [7, 11) is 0. The van der Waals surface area contributed by atoms with Gasteiger partial charge in [0.25, 0.3) is 0 Å². The summed E-state index contributed by atoms with van der Waals surface area (Å²) in [4.78, 5) is 12.6. The first kappa shape index (κ1) is 17.9. The second kappa shape index (κ2) is 7.62. The van der Waals surface area contributed by atoms with Crippen molar-refractivity contribution in [1.82, 2.24) is 9.78 Å². The molecule has 0 saturated heterocycles. The van der Waals surface area contributed by atoms with Crippen LogP contribution < -0.4 is 5.32 Å². The van der Waals surface area contributed by atoms with Crippen LogP contribution in [-0.4, -0.2) is 15.7 Å². The molecule has 0 saturated carbocycles. The van der Waals surface area contributed by atoms with Gasteiger partial charge in [0, 0.05) is 28.2 Å². The minimum Gasteiger partial charge on any atom is -0.307 e. The van der Waals surface area contributed by atoms with Crippen LogP contribution >= 0.6 is 23.4 Å². The molecule has 27 heavy (non-hydrogen) atoms. The number of hydrogen-bond donors (Lipinski definition) is 1. The van der Waals surface area contributed by atoms with E-state index in [1.54, 1.807) is 12.1 Å². The monoisotopic (exact) mass is 395 g/mol. The highest BCUT2D eigenvalue weighted by atomic mass is 35.5. The minimum absolute atomic E-state index is 0.204. The Labute approximate surface area is 167 Å². The zero-order valence-corrected chi connectivity index (χ0v) is 16.3. The van der Waals surface area contributed by atoms with E-state index in [9.17, 15) is 4.79 Å². The molecule has 1 aliphatic rings. The number of hydrogen-bond acceptors (Lipinski definition) is 3. The molecule has 0 unspecified atom stereocenters. The molecule has 4 nitrogen and oxygen atoms in total. The molecule has 2 heterocycles. The van der Waals surface area contributed by atoms with Crippen LogP contribution in [-0.2, 0) is 16.3 Å². The maximum atomic E-state index is 12.6. The summed E-state index contributed by atoms with van der Waals surface area (Å²) in [6, 6.07) is 15.5. The summed E-state index contributed by atoms with van der Waals surface area (Å²) in [6.07, 6.45) is 3.23.